The quantitative estimate of drug-likeness (QED) is 0.519. The van der Waals surface area contributed by atoms with Crippen LogP contribution in [0.15, 0.2) is 40.9 Å². The first-order valence-electron chi connectivity index (χ1n) is 8.84. The Labute approximate surface area is 173 Å². The summed E-state index contributed by atoms with van der Waals surface area (Å²) in [5.74, 6) is 0.745. The number of carbonyl (C=O) groups is 1. The number of benzene rings is 2. The van der Waals surface area contributed by atoms with Gasteiger partial charge in [-0.15, -0.1) is 0 Å². The van der Waals surface area contributed by atoms with Crippen LogP contribution in [0.5, 0.6) is 5.75 Å². The Morgan fingerprint density at radius 1 is 1.26 bits per heavy atom. The van der Waals surface area contributed by atoms with Gasteiger partial charge < -0.3 is 9.47 Å². The predicted octanol–water partition coefficient (Wildman–Crippen LogP) is 6.54. The van der Waals surface area contributed by atoms with Crippen LogP contribution in [0.2, 0.25) is 5.02 Å². The summed E-state index contributed by atoms with van der Waals surface area (Å²) in [6.07, 6.45) is 1.18. The van der Waals surface area contributed by atoms with Crippen LogP contribution in [0.1, 0.15) is 44.4 Å². The molecular formula is C21H23BrClNO3. The van der Waals surface area contributed by atoms with E-state index in [1.807, 2.05) is 57.2 Å². The number of rotatable bonds is 2. The summed E-state index contributed by atoms with van der Waals surface area (Å²) in [6.45, 7) is 5.60. The molecule has 0 saturated heterocycles. The van der Waals surface area contributed by atoms with E-state index >= 15 is 0 Å². The lowest BCUT2D eigenvalue weighted by Gasteiger charge is -2.38. The first kappa shape index (κ1) is 20.0. The largest absolute Gasteiger partial charge is 0.496 e. The Bertz CT molecular complexity index is 863. The standard InChI is InChI=1S/C21H23BrClNO3/c1-21(2,3)27-20(25)24-17(14-7-5-6-8-16(14)23)10-9-13-11-19(26-4)15(22)12-18(13)24/h5-8,11-12,17H,9-10H2,1-4H3. The molecule has 4 nitrogen and oxygen atoms in total. The van der Waals surface area contributed by atoms with Crippen molar-refractivity contribution in [2.45, 2.75) is 45.3 Å². The van der Waals surface area contributed by atoms with Gasteiger partial charge in [0.05, 0.1) is 23.3 Å². The van der Waals surface area contributed by atoms with Gasteiger partial charge in [-0.05, 0) is 78.9 Å². The number of aryl methyl sites for hydroxylation is 1. The molecule has 0 aromatic heterocycles. The van der Waals surface area contributed by atoms with E-state index in [-0.39, 0.29) is 12.1 Å². The average Bonchev–Trinajstić information content (AvgIpc) is 2.59. The minimum atomic E-state index is -0.594. The summed E-state index contributed by atoms with van der Waals surface area (Å²) in [7, 11) is 1.63. The second-order valence-corrected chi connectivity index (χ2v) is 8.80. The van der Waals surface area contributed by atoms with Crippen molar-refractivity contribution in [1.29, 1.82) is 0 Å². The summed E-state index contributed by atoms with van der Waals surface area (Å²) < 4.78 is 11.9. The normalized spacial score (nSPS) is 16.7. The fourth-order valence-electron chi connectivity index (χ4n) is 3.33. The molecule has 1 aliphatic rings. The third-order valence-corrected chi connectivity index (χ3v) is 5.43. The van der Waals surface area contributed by atoms with Gasteiger partial charge in [-0.3, -0.25) is 4.90 Å². The van der Waals surface area contributed by atoms with Gasteiger partial charge in [0.2, 0.25) is 0 Å². The van der Waals surface area contributed by atoms with Crippen LogP contribution < -0.4 is 9.64 Å². The van der Waals surface area contributed by atoms with Crippen LogP contribution in [0.4, 0.5) is 10.5 Å². The van der Waals surface area contributed by atoms with Gasteiger partial charge in [-0.2, -0.15) is 0 Å². The van der Waals surface area contributed by atoms with E-state index in [0.717, 1.165) is 39.9 Å². The lowest BCUT2D eigenvalue weighted by atomic mass is 9.91. The highest BCUT2D eigenvalue weighted by molar-refractivity contribution is 9.10. The molecule has 3 rings (SSSR count). The number of carbonyl (C=O) groups excluding carboxylic acids is 1. The smallest absolute Gasteiger partial charge is 0.415 e. The van der Waals surface area contributed by atoms with E-state index in [1.165, 1.54) is 0 Å². The third kappa shape index (κ3) is 4.25. The topological polar surface area (TPSA) is 38.8 Å². The minimum Gasteiger partial charge on any atom is -0.496 e. The summed E-state index contributed by atoms with van der Waals surface area (Å²) in [5.41, 5.74) is 2.18. The average molecular weight is 453 g/mol. The van der Waals surface area contributed by atoms with E-state index < -0.39 is 5.60 Å². The molecule has 0 N–H and O–H groups in total. The van der Waals surface area contributed by atoms with Gasteiger partial charge in [0.1, 0.15) is 11.4 Å². The molecule has 0 radical (unpaired) electrons. The van der Waals surface area contributed by atoms with Gasteiger partial charge in [0.15, 0.2) is 0 Å². The number of fused-ring (bicyclic) bond motifs is 1. The van der Waals surface area contributed by atoms with Crippen LogP contribution in [0.3, 0.4) is 0 Å². The maximum absolute atomic E-state index is 13.2. The van der Waals surface area contributed by atoms with Crippen LogP contribution in [-0.4, -0.2) is 18.8 Å². The maximum atomic E-state index is 13.2. The van der Waals surface area contributed by atoms with Gasteiger partial charge in [-0.1, -0.05) is 29.8 Å². The minimum absolute atomic E-state index is 0.193. The number of amides is 1. The first-order chi connectivity index (χ1) is 12.7. The number of hydrogen-bond acceptors (Lipinski definition) is 3. The highest BCUT2D eigenvalue weighted by atomic mass is 79.9. The van der Waals surface area contributed by atoms with Crippen molar-refractivity contribution >= 4 is 39.3 Å². The van der Waals surface area contributed by atoms with E-state index in [0.29, 0.717) is 5.02 Å². The van der Waals surface area contributed by atoms with E-state index in [4.69, 9.17) is 21.1 Å². The zero-order chi connectivity index (χ0) is 19.8. The van der Waals surface area contributed by atoms with E-state index in [9.17, 15) is 4.79 Å². The second kappa shape index (κ2) is 7.72. The molecular weight excluding hydrogens is 430 g/mol. The maximum Gasteiger partial charge on any atom is 0.415 e. The van der Waals surface area contributed by atoms with E-state index in [1.54, 1.807) is 12.0 Å². The highest BCUT2D eigenvalue weighted by Crippen LogP contribution is 2.44. The van der Waals surface area contributed by atoms with Gasteiger partial charge in [-0.25, -0.2) is 4.79 Å². The SMILES string of the molecule is COc1cc2c(cc1Br)N(C(=O)OC(C)(C)C)C(c1ccccc1Cl)CC2. The number of hydrogen-bond donors (Lipinski definition) is 0. The van der Waals surface area contributed by atoms with Crippen LogP contribution >= 0.6 is 27.5 Å². The number of methoxy groups -OCH3 is 1. The molecule has 1 unspecified atom stereocenters. The Morgan fingerprint density at radius 2 is 1.96 bits per heavy atom. The lowest BCUT2D eigenvalue weighted by molar-refractivity contribution is 0.0560. The van der Waals surface area contributed by atoms with Crippen molar-refractivity contribution in [3.63, 3.8) is 0 Å². The summed E-state index contributed by atoms with van der Waals surface area (Å²) >= 11 is 9.99. The van der Waals surface area contributed by atoms with Gasteiger partial charge >= 0.3 is 6.09 Å². The Hall–Kier alpha value is -1.72. The predicted molar refractivity (Wildman–Crippen MR) is 112 cm³/mol. The van der Waals surface area contributed by atoms with Crippen molar-refractivity contribution in [3.8, 4) is 5.75 Å². The van der Waals surface area contributed by atoms with Crippen molar-refractivity contribution < 1.29 is 14.3 Å². The molecule has 0 aliphatic carbocycles. The molecule has 144 valence electrons. The molecule has 0 bridgehead atoms. The van der Waals surface area contributed by atoms with E-state index in [2.05, 4.69) is 15.9 Å². The fourth-order valence-corrected chi connectivity index (χ4v) is 4.09. The molecule has 0 fully saturated rings. The molecule has 2 aromatic carbocycles. The van der Waals surface area contributed by atoms with Crippen LogP contribution in [0.25, 0.3) is 0 Å². The number of nitrogens with zero attached hydrogens (tertiary/aromatic N) is 1. The fraction of sp³-hybridized carbons (Fsp3) is 0.381. The zero-order valence-electron chi connectivity index (χ0n) is 15.9. The lowest BCUT2D eigenvalue weighted by Crippen LogP contribution is -2.42. The molecule has 0 spiro atoms. The Balaban J connectivity index is 2.12. The van der Waals surface area contributed by atoms with Gasteiger partial charge in [0, 0.05) is 5.02 Å². The van der Waals surface area contributed by atoms with Crippen LogP contribution in [0, 0.1) is 0 Å². The zero-order valence-corrected chi connectivity index (χ0v) is 18.2. The molecule has 6 heteroatoms. The van der Waals surface area contributed by atoms with Crippen molar-refractivity contribution in [1.82, 2.24) is 0 Å². The molecule has 2 aromatic rings. The third-order valence-electron chi connectivity index (χ3n) is 4.47. The molecule has 1 heterocycles. The highest BCUT2D eigenvalue weighted by Gasteiger charge is 2.36. The monoisotopic (exact) mass is 451 g/mol. The van der Waals surface area contributed by atoms with Crippen molar-refractivity contribution in [2.24, 2.45) is 0 Å². The number of halogens is 2. The van der Waals surface area contributed by atoms with Crippen LogP contribution in [-0.2, 0) is 11.2 Å². The number of anilines is 1. The molecule has 27 heavy (non-hydrogen) atoms. The summed E-state index contributed by atoms with van der Waals surface area (Å²) in [5, 5.41) is 0.645. The molecule has 1 amide bonds. The van der Waals surface area contributed by atoms with Crippen molar-refractivity contribution in [3.05, 3.63) is 57.0 Å². The number of ether oxygens (including phenoxy) is 2. The Morgan fingerprint density at radius 3 is 2.59 bits per heavy atom. The second-order valence-electron chi connectivity index (χ2n) is 7.54. The molecule has 1 aliphatic heterocycles. The summed E-state index contributed by atoms with van der Waals surface area (Å²) in [4.78, 5) is 14.9. The molecule has 0 saturated carbocycles. The van der Waals surface area contributed by atoms with Gasteiger partial charge in [0.25, 0.3) is 0 Å². The van der Waals surface area contributed by atoms with Crippen molar-refractivity contribution in [2.75, 3.05) is 12.0 Å². The Kier molecular flexibility index (Phi) is 5.73. The molecule has 1 atom stereocenters. The summed E-state index contributed by atoms with van der Waals surface area (Å²) in [6, 6.07) is 11.3. The first-order valence-corrected chi connectivity index (χ1v) is 10.0.